The number of aliphatic hydroxyl groups is 1. The van der Waals surface area contributed by atoms with E-state index in [1.807, 2.05) is 11.6 Å². The molecular formula is C14H18N4O2S. The van der Waals surface area contributed by atoms with E-state index in [0.717, 1.165) is 35.5 Å². The summed E-state index contributed by atoms with van der Waals surface area (Å²) >= 11 is 1.41. The molecule has 0 bridgehead atoms. The number of anilines is 1. The molecule has 1 aliphatic carbocycles. The van der Waals surface area contributed by atoms with Crippen LogP contribution < -0.4 is 5.32 Å². The van der Waals surface area contributed by atoms with E-state index in [1.54, 1.807) is 12.5 Å². The quantitative estimate of drug-likeness (QED) is 0.896. The van der Waals surface area contributed by atoms with Crippen LogP contribution in [-0.2, 0) is 24.7 Å². The number of nitrogens with zero attached hydrogens (tertiary/aromatic N) is 3. The normalized spacial score (nSPS) is 17.5. The first-order valence-electron chi connectivity index (χ1n) is 7.05. The molecule has 2 heterocycles. The van der Waals surface area contributed by atoms with Crippen molar-refractivity contribution in [2.45, 2.75) is 31.6 Å². The van der Waals surface area contributed by atoms with Gasteiger partial charge in [-0.25, -0.2) is 9.97 Å². The Balaban J connectivity index is 1.73. The highest BCUT2D eigenvalue weighted by atomic mass is 32.1. The smallest absolute Gasteiger partial charge is 0.235 e. The molecule has 112 valence electrons. The lowest BCUT2D eigenvalue weighted by atomic mass is 9.89. The van der Waals surface area contributed by atoms with E-state index in [1.165, 1.54) is 11.3 Å². The number of aryl methyl sites for hydroxylation is 1. The third kappa shape index (κ3) is 2.84. The number of amides is 1. The van der Waals surface area contributed by atoms with Crippen molar-refractivity contribution >= 4 is 22.4 Å². The number of carbonyl (C=O) groups is 1. The molecule has 0 fully saturated rings. The Morgan fingerprint density at radius 2 is 2.43 bits per heavy atom. The van der Waals surface area contributed by atoms with E-state index >= 15 is 0 Å². The molecule has 2 aromatic rings. The minimum absolute atomic E-state index is 0.0421. The molecule has 1 atom stereocenters. The number of nitrogens with one attached hydrogen (secondary N) is 1. The van der Waals surface area contributed by atoms with Gasteiger partial charge in [0.25, 0.3) is 0 Å². The van der Waals surface area contributed by atoms with Crippen molar-refractivity contribution in [3.05, 3.63) is 28.8 Å². The fourth-order valence-corrected chi connectivity index (χ4v) is 3.52. The van der Waals surface area contributed by atoms with Crippen LogP contribution in [0.1, 0.15) is 35.0 Å². The number of aliphatic hydroxyl groups excluding tert-OH is 1. The molecule has 0 aliphatic heterocycles. The number of hydrogen-bond donors (Lipinski definition) is 2. The molecular weight excluding hydrogens is 288 g/mol. The zero-order chi connectivity index (χ0) is 14.8. The maximum atomic E-state index is 12.5. The zero-order valence-electron chi connectivity index (χ0n) is 11.9. The molecule has 2 N–H and O–H groups in total. The molecule has 0 saturated carbocycles. The summed E-state index contributed by atoms with van der Waals surface area (Å²) in [6, 6.07) is 0. The monoisotopic (exact) mass is 306 g/mol. The number of aromatic nitrogens is 3. The average molecular weight is 306 g/mol. The van der Waals surface area contributed by atoms with Gasteiger partial charge >= 0.3 is 0 Å². The van der Waals surface area contributed by atoms with Crippen LogP contribution in [0.3, 0.4) is 0 Å². The summed E-state index contributed by atoms with van der Waals surface area (Å²) in [7, 11) is 1.97. The highest BCUT2D eigenvalue weighted by Crippen LogP contribution is 2.31. The molecule has 7 heteroatoms. The van der Waals surface area contributed by atoms with Crippen LogP contribution >= 0.6 is 11.3 Å². The second-order valence-electron chi connectivity index (χ2n) is 5.23. The summed E-state index contributed by atoms with van der Waals surface area (Å²) in [6.45, 7) is 0.0928. The second kappa shape index (κ2) is 5.95. The Kier molecular flexibility index (Phi) is 4.03. The number of carbonyl (C=O) groups excluding carboxylic acids is 1. The van der Waals surface area contributed by atoms with E-state index in [9.17, 15) is 4.79 Å². The van der Waals surface area contributed by atoms with E-state index in [2.05, 4.69) is 15.3 Å². The van der Waals surface area contributed by atoms with Gasteiger partial charge in [0.15, 0.2) is 5.13 Å². The number of thiazole rings is 1. The van der Waals surface area contributed by atoms with Gasteiger partial charge in [0.05, 0.1) is 17.9 Å². The third-order valence-corrected chi connectivity index (χ3v) is 4.76. The summed E-state index contributed by atoms with van der Waals surface area (Å²) in [5.74, 6) is -0.236. The molecule has 0 spiro atoms. The van der Waals surface area contributed by atoms with Crippen molar-refractivity contribution in [3.8, 4) is 0 Å². The van der Waals surface area contributed by atoms with E-state index in [0.29, 0.717) is 11.6 Å². The van der Waals surface area contributed by atoms with Crippen molar-refractivity contribution in [3.63, 3.8) is 0 Å². The number of rotatable bonds is 4. The van der Waals surface area contributed by atoms with Crippen LogP contribution in [0.25, 0.3) is 0 Å². The molecule has 0 saturated heterocycles. The summed E-state index contributed by atoms with van der Waals surface area (Å²) in [5, 5.41) is 12.4. The predicted octanol–water partition coefficient (Wildman–Crippen LogP) is 1.47. The molecule has 3 rings (SSSR count). The average Bonchev–Trinajstić information content (AvgIpc) is 3.07. The van der Waals surface area contributed by atoms with Gasteiger partial charge in [-0.15, -0.1) is 11.3 Å². The van der Waals surface area contributed by atoms with Gasteiger partial charge in [-0.3, -0.25) is 4.79 Å². The van der Waals surface area contributed by atoms with Gasteiger partial charge in [-0.1, -0.05) is 0 Å². The van der Waals surface area contributed by atoms with Crippen molar-refractivity contribution < 1.29 is 9.90 Å². The lowest BCUT2D eigenvalue weighted by Crippen LogP contribution is -2.25. The lowest BCUT2D eigenvalue weighted by molar-refractivity contribution is -0.118. The summed E-state index contributed by atoms with van der Waals surface area (Å²) in [6.07, 6.45) is 6.85. The largest absolute Gasteiger partial charge is 0.396 e. The fourth-order valence-electron chi connectivity index (χ4n) is 2.72. The number of imidazole rings is 1. The Morgan fingerprint density at radius 3 is 3.24 bits per heavy atom. The molecule has 6 nitrogen and oxygen atoms in total. The van der Waals surface area contributed by atoms with E-state index in [-0.39, 0.29) is 18.4 Å². The van der Waals surface area contributed by atoms with Crippen LogP contribution in [0.5, 0.6) is 0 Å². The first kappa shape index (κ1) is 14.2. The van der Waals surface area contributed by atoms with E-state index in [4.69, 9.17) is 5.11 Å². The topological polar surface area (TPSA) is 80.0 Å². The predicted molar refractivity (Wildman–Crippen MR) is 80.4 cm³/mol. The van der Waals surface area contributed by atoms with Gasteiger partial charge < -0.3 is 15.0 Å². The molecule has 0 radical (unpaired) electrons. The fraction of sp³-hybridized carbons (Fsp3) is 0.500. The Labute approximate surface area is 126 Å². The maximum absolute atomic E-state index is 12.5. The molecule has 2 aromatic heterocycles. The summed E-state index contributed by atoms with van der Waals surface area (Å²) in [5.41, 5.74) is 2.05. The Morgan fingerprint density at radius 1 is 1.57 bits per heavy atom. The first-order chi connectivity index (χ1) is 10.2. The molecule has 1 aliphatic rings. The lowest BCUT2D eigenvalue weighted by Gasteiger charge is -2.20. The first-order valence-corrected chi connectivity index (χ1v) is 7.87. The highest BCUT2D eigenvalue weighted by Gasteiger charge is 2.30. The van der Waals surface area contributed by atoms with Gasteiger partial charge in [0, 0.05) is 36.8 Å². The molecule has 1 unspecified atom stereocenters. The molecule has 0 aromatic carbocycles. The number of fused-ring (bicyclic) bond motifs is 1. The van der Waals surface area contributed by atoms with Crippen LogP contribution in [0.4, 0.5) is 5.13 Å². The van der Waals surface area contributed by atoms with Crippen LogP contribution in [0.15, 0.2) is 12.5 Å². The van der Waals surface area contributed by atoms with Crippen molar-refractivity contribution in [1.29, 1.82) is 0 Å². The minimum atomic E-state index is -0.194. The summed E-state index contributed by atoms with van der Waals surface area (Å²) in [4.78, 5) is 22.0. The van der Waals surface area contributed by atoms with Gasteiger partial charge in [0.2, 0.25) is 5.91 Å². The van der Waals surface area contributed by atoms with Gasteiger partial charge in [-0.2, -0.15) is 0 Å². The second-order valence-corrected chi connectivity index (χ2v) is 6.34. The standard InChI is InChI=1S/C14H18N4O2S/c1-18-8-16-12-10(3-2-4-11(12)18)13(20)17-14-15-7-9(21-14)5-6-19/h7-8,10,19H,2-6H2,1H3,(H,15,17,20). The van der Waals surface area contributed by atoms with Crippen molar-refractivity contribution in [2.75, 3.05) is 11.9 Å². The van der Waals surface area contributed by atoms with Crippen LogP contribution in [0.2, 0.25) is 0 Å². The maximum Gasteiger partial charge on any atom is 0.235 e. The van der Waals surface area contributed by atoms with Crippen molar-refractivity contribution in [1.82, 2.24) is 14.5 Å². The van der Waals surface area contributed by atoms with Gasteiger partial charge in [-0.05, 0) is 19.3 Å². The van der Waals surface area contributed by atoms with E-state index < -0.39 is 0 Å². The number of hydrogen-bond acceptors (Lipinski definition) is 5. The van der Waals surface area contributed by atoms with Gasteiger partial charge in [0.1, 0.15) is 0 Å². The Hall–Kier alpha value is -1.73. The third-order valence-electron chi connectivity index (χ3n) is 3.79. The highest BCUT2D eigenvalue weighted by molar-refractivity contribution is 7.15. The molecule has 21 heavy (non-hydrogen) atoms. The molecule has 1 amide bonds. The van der Waals surface area contributed by atoms with Crippen molar-refractivity contribution in [2.24, 2.45) is 7.05 Å². The summed E-state index contributed by atoms with van der Waals surface area (Å²) < 4.78 is 2.00. The Bertz CT molecular complexity index is 649. The van der Waals surface area contributed by atoms with Crippen LogP contribution in [-0.4, -0.2) is 32.2 Å². The minimum Gasteiger partial charge on any atom is -0.396 e. The zero-order valence-corrected chi connectivity index (χ0v) is 12.7. The SMILES string of the molecule is Cn1cnc2c1CCCC2C(=O)Nc1ncc(CCO)s1. The van der Waals surface area contributed by atoms with Crippen LogP contribution in [0, 0.1) is 0 Å².